The Morgan fingerprint density at radius 2 is 1.19 bits per heavy atom. The smallest absolute Gasteiger partial charge is 0.218 e. The van der Waals surface area contributed by atoms with E-state index in [1.165, 1.54) is 11.1 Å². The summed E-state index contributed by atoms with van der Waals surface area (Å²) in [6.07, 6.45) is 0. The van der Waals surface area contributed by atoms with Gasteiger partial charge in [-0.15, -0.1) is 0 Å². The molecule has 0 aliphatic carbocycles. The summed E-state index contributed by atoms with van der Waals surface area (Å²) < 4.78 is 27.7. The monoisotopic (exact) mass is 474 g/mol. The molecule has 3 aromatic rings. The highest BCUT2D eigenvalue weighted by Crippen LogP contribution is 2.31. The molecule has 0 atom stereocenters. The van der Waals surface area contributed by atoms with Crippen LogP contribution in [0.4, 0.5) is 0 Å². The fourth-order valence-corrected chi connectivity index (χ4v) is 6.34. The second-order valence-electron chi connectivity index (χ2n) is 7.62. The van der Waals surface area contributed by atoms with Gasteiger partial charge in [-0.1, -0.05) is 89.9 Å². The van der Waals surface area contributed by atoms with E-state index >= 15 is 0 Å². The summed E-state index contributed by atoms with van der Waals surface area (Å²) in [6.45, 7) is 2.15. The average Bonchev–Trinajstić information content (AvgIpc) is 2.79. The first-order chi connectivity index (χ1) is 15.0. The summed E-state index contributed by atoms with van der Waals surface area (Å²) in [5.74, 6) is -0.188. The first kappa shape index (κ1) is 22.3. The lowest BCUT2D eigenvalue weighted by atomic mass is 9.96. The number of halogens is 2. The van der Waals surface area contributed by atoms with Crippen LogP contribution < -0.4 is 0 Å². The summed E-state index contributed by atoms with van der Waals surface area (Å²) >= 11 is 12.4. The van der Waals surface area contributed by atoms with E-state index in [4.69, 9.17) is 23.2 Å². The van der Waals surface area contributed by atoms with Gasteiger partial charge >= 0.3 is 0 Å². The van der Waals surface area contributed by atoms with Crippen LogP contribution in [0.15, 0.2) is 78.9 Å². The predicted octanol–water partition coefficient (Wildman–Crippen LogP) is 5.23. The zero-order valence-electron chi connectivity index (χ0n) is 17.0. The van der Waals surface area contributed by atoms with E-state index in [0.29, 0.717) is 41.8 Å². The Kier molecular flexibility index (Phi) is 6.99. The van der Waals surface area contributed by atoms with Gasteiger partial charge in [0.1, 0.15) is 0 Å². The summed E-state index contributed by atoms with van der Waals surface area (Å²) in [5.41, 5.74) is 2.86. The number of hydrogen-bond acceptors (Lipinski definition) is 3. The number of sulfonamides is 1. The van der Waals surface area contributed by atoms with Gasteiger partial charge in [0.25, 0.3) is 0 Å². The zero-order chi connectivity index (χ0) is 21.8. The fraction of sp³-hybridized carbons (Fsp3) is 0.250. The number of piperazine rings is 1. The standard InChI is InChI=1S/C24H24Cl2N2O2S/c25-22-12-7-13-23(26)21(22)18-31(29,30)28-16-14-27(15-17-28)24(19-8-3-1-4-9-19)20-10-5-2-6-11-20/h1-13,24H,14-18H2. The molecule has 0 unspecified atom stereocenters. The van der Waals surface area contributed by atoms with Crippen molar-refractivity contribution in [1.82, 2.24) is 9.21 Å². The quantitative estimate of drug-likeness (QED) is 0.490. The molecule has 1 aliphatic heterocycles. The number of nitrogens with zero attached hydrogens (tertiary/aromatic N) is 2. The predicted molar refractivity (Wildman–Crippen MR) is 127 cm³/mol. The molecule has 1 saturated heterocycles. The highest BCUT2D eigenvalue weighted by molar-refractivity contribution is 7.88. The van der Waals surface area contributed by atoms with Crippen molar-refractivity contribution in [1.29, 1.82) is 0 Å². The molecule has 1 fully saturated rings. The van der Waals surface area contributed by atoms with Crippen LogP contribution in [0.1, 0.15) is 22.7 Å². The van der Waals surface area contributed by atoms with E-state index in [2.05, 4.69) is 29.2 Å². The van der Waals surface area contributed by atoms with Crippen molar-refractivity contribution in [3.63, 3.8) is 0 Å². The van der Waals surface area contributed by atoms with Crippen molar-refractivity contribution in [2.45, 2.75) is 11.8 Å². The van der Waals surface area contributed by atoms with Gasteiger partial charge in [0.15, 0.2) is 0 Å². The fourth-order valence-electron chi connectivity index (χ4n) is 4.07. The van der Waals surface area contributed by atoms with Crippen molar-refractivity contribution in [2.75, 3.05) is 26.2 Å². The molecular weight excluding hydrogens is 451 g/mol. The molecule has 162 valence electrons. The van der Waals surface area contributed by atoms with Gasteiger partial charge in [0, 0.05) is 41.8 Å². The largest absolute Gasteiger partial charge is 0.290 e. The van der Waals surface area contributed by atoms with Crippen LogP contribution in [-0.2, 0) is 15.8 Å². The molecule has 0 spiro atoms. The molecule has 4 rings (SSSR count). The maximum absolute atomic E-state index is 13.1. The third-order valence-corrected chi connectivity index (χ3v) is 8.16. The van der Waals surface area contributed by atoms with Crippen LogP contribution in [0.2, 0.25) is 10.0 Å². The van der Waals surface area contributed by atoms with Crippen molar-refractivity contribution < 1.29 is 8.42 Å². The lowest BCUT2D eigenvalue weighted by Crippen LogP contribution is -2.50. The molecule has 0 aromatic heterocycles. The molecule has 31 heavy (non-hydrogen) atoms. The molecule has 1 aliphatic rings. The number of hydrogen-bond donors (Lipinski definition) is 0. The van der Waals surface area contributed by atoms with Gasteiger partial charge in [-0.05, 0) is 23.3 Å². The van der Waals surface area contributed by atoms with Crippen LogP contribution in [0.25, 0.3) is 0 Å². The highest BCUT2D eigenvalue weighted by Gasteiger charge is 2.32. The van der Waals surface area contributed by atoms with Gasteiger partial charge in [-0.25, -0.2) is 8.42 Å². The van der Waals surface area contributed by atoms with E-state index in [1.54, 1.807) is 22.5 Å². The van der Waals surface area contributed by atoms with Gasteiger partial charge in [-0.2, -0.15) is 4.31 Å². The highest BCUT2D eigenvalue weighted by atomic mass is 35.5. The minimum absolute atomic E-state index is 0.0882. The van der Waals surface area contributed by atoms with Gasteiger partial charge in [-0.3, -0.25) is 4.90 Å². The molecule has 1 heterocycles. The molecule has 7 heteroatoms. The Bertz CT molecular complexity index is 1060. The Labute approximate surface area is 194 Å². The first-order valence-electron chi connectivity index (χ1n) is 10.2. The Morgan fingerprint density at radius 3 is 1.68 bits per heavy atom. The maximum Gasteiger partial charge on any atom is 0.218 e. The van der Waals surface area contributed by atoms with E-state index in [0.717, 1.165) is 0 Å². The van der Waals surface area contributed by atoms with Gasteiger partial charge in [0.2, 0.25) is 10.0 Å². The van der Waals surface area contributed by atoms with Crippen LogP contribution in [0.5, 0.6) is 0 Å². The lowest BCUT2D eigenvalue weighted by Gasteiger charge is -2.39. The zero-order valence-corrected chi connectivity index (χ0v) is 19.3. The topological polar surface area (TPSA) is 40.6 Å². The van der Waals surface area contributed by atoms with Crippen molar-refractivity contribution >= 4 is 33.2 Å². The molecule has 0 bridgehead atoms. The van der Waals surface area contributed by atoms with Crippen molar-refractivity contribution in [3.8, 4) is 0 Å². The SMILES string of the molecule is O=S(=O)(Cc1c(Cl)cccc1Cl)N1CCN(C(c2ccccc2)c2ccccc2)CC1. The summed E-state index contributed by atoms with van der Waals surface area (Å²) in [4.78, 5) is 2.35. The van der Waals surface area contributed by atoms with E-state index in [9.17, 15) is 8.42 Å². The molecule has 3 aromatic carbocycles. The summed E-state index contributed by atoms with van der Waals surface area (Å²) in [5, 5.41) is 0.755. The summed E-state index contributed by atoms with van der Waals surface area (Å²) in [6, 6.07) is 25.8. The molecule has 4 nitrogen and oxygen atoms in total. The molecule has 0 saturated carbocycles. The molecular formula is C24H24Cl2N2O2S. The average molecular weight is 475 g/mol. The Hall–Kier alpha value is -1.89. The second kappa shape index (κ2) is 9.72. The van der Waals surface area contributed by atoms with Gasteiger partial charge in [0.05, 0.1) is 11.8 Å². The third kappa shape index (κ3) is 5.13. The minimum Gasteiger partial charge on any atom is -0.290 e. The normalized spacial score (nSPS) is 16.0. The van der Waals surface area contributed by atoms with Crippen LogP contribution in [0.3, 0.4) is 0 Å². The van der Waals surface area contributed by atoms with Gasteiger partial charge < -0.3 is 0 Å². The van der Waals surface area contributed by atoms with E-state index in [1.807, 2.05) is 36.4 Å². The molecule has 0 N–H and O–H groups in total. The van der Waals surface area contributed by atoms with Crippen LogP contribution in [0, 0.1) is 0 Å². The maximum atomic E-state index is 13.1. The van der Waals surface area contributed by atoms with E-state index in [-0.39, 0.29) is 11.8 Å². The third-order valence-electron chi connectivity index (χ3n) is 5.65. The van der Waals surface area contributed by atoms with Crippen molar-refractivity contribution in [2.24, 2.45) is 0 Å². The number of rotatable bonds is 6. The molecule has 0 radical (unpaired) electrons. The van der Waals surface area contributed by atoms with Crippen LogP contribution in [-0.4, -0.2) is 43.8 Å². The minimum atomic E-state index is -3.52. The first-order valence-corrected chi connectivity index (χ1v) is 12.6. The lowest BCUT2D eigenvalue weighted by molar-refractivity contribution is 0.155. The Morgan fingerprint density at radius 1 is 0.710 bits per heavy atom. The van der Waals surface area contributed by atoms with E-state index < -0.39 is 10.0 Å². The summed E-state index contributed by atoms with van der Waals surface area (Å²) in [7, 11) is -3.52. The second-order valence-corrected chi connectivity index (χ2v) is 10.4. The molecule has 0 amide bonds. The van der Waals surface area contributed by atoms with Crippen LogP contribution >= 0.6 is 23.2 Å². The van der Waals surface area contributed by atoms with Crippen molar-refractivity contribution in [3.05, 3.63) is 106 Å². The number of benzene rings is 3. The Balaban J connectivity index is 1.51.